The van der Waals surface area contributed by atoms with Crippen LogP contribution in [0.1, 0.15) is 32.8 Å². The molecule has 1 N–H and O–H groups in total. The molecule has 0 saturated heterocycles. The number of halogens is 1. The van der Waals surface area contributed by atoms with Crippen molar-refractivity contribution in [1.29, 1.82) is 0 Å². The number of methoxy groups -OCH3 is 1. The van der Waals surface area contributed by atoms with Gasteiger partial charge >= 0.3 is 0 Å². The van der Waals surface area contributed by atoms with E-state index in [0.717, 1.165) is 35.8 Å². The quantitative estimate of drug-likeness (QED) is 0.807. The highest BCUT2D eigenvalue weighted by molar-refractivity contribution is 6.31. The topological polar surface area (TPSA) is 21.3 Å². The van der Waals surface area contributed by atoms with Crippen molar-refractivity contribution in [1.82, 2.24) is 5.32 Å². The average Bonchev–Trinajstić information content (AvgIpc) is 2.24. The summed E-state index contributed by atoms with van der Waals surface area (Å²) >= 11 is 6.16. The van der Waals surface area contributed by atoms with E-state index in [0.29, 0.717) is 5.41 Å². The molecule has 0 amide bonds. The number of benzene rings is 1. The van der Waals surface area contributed by atoms with Crippen LogP contribution in [0.3, 0.4) is 0 Å². The largest absolute Gasteiger partial charge is 0.496 e. The van der Waals surface area contributed by atoms with E-state index in [-0.39, 0.29) is 0 Å². The minimum Gasteiger partial charge on any atom is -0.496 e. The lowest BCUT2D eigenvalue weighted by atomic mass is 9.92. The second-order valence-corrected chi connectivity index (χ2v) is 5.82. The van der Waals surface area contributed by atoms with E-state index >= 15 is 0 Å². The van der Waals surface area contributed by atoms with Crippen LogP contribution in [0.2, 0.25) is 5.02 Å². The van der Waals surface area contributed by atoms with Crippen molar-refractivity contribution in [3.05, 3.63) is 28.8 Å². The van der Waals surface area contributed by atoms with Gasteiger partial charge < -0.3 is 10.1 Å². The van der Waals surface area contributed by atoms with Gasteiger partial charge in [-0.2, -0.15) is 0 Å². The Kier molecular flexibility index (Phi) is 5.29. The smallest absolute Gasteiger partial charge is 0.124 e. The summed E-state index contributed by atoms with van der Waals surface area (Å²) in [6.45, 7) is 8.46. The molecule has 1 rings (SSSR count). The van der Waals surface area contributed by atoms with Crippen molar-refractivity contribution in [3.8, 4) is 5.75 Å². The van der Waals surface area contributed by atoms with Crippen molar-refractivity contribution in [3.63, 3.8) is 0 Å². The van der Waals surface area contributed by atoms with Gasteiger partial charge in [-0.3, -0.25) is 0 Å². The van der Waals surface area contributed by atoms with E-state index in [1.165, 1.54) is 0 Å². The van der Waals surface area contributed by atoms with Gasteiger partial charge in [0.2, 0.25) is 0 Å². The zero-order valence-corrected chi connectivity index (χ0v) is 11.9. The van der Waals surface area contributed by atoms with Crippen molar-refractivity contribution >= 4 is 11.6 Å². The molecule has 0 aliphatic heterocycles. The van der Waals surface area contributed by atoms with Crippen molar-refractivity contribution < 1.29 is 4.74 Å². The van der Waals surface area contributed by atoms with Crippen molar-refractivity contribution in [2.45, 2.75) is 33.7 Å². The maximum Gasteiger partial charge on any atom is 0.124 e. The molecule has 1 aromatic carbocycles. The molecule has 0 aliphatic carbocycles. The Morgan fingerprint density at radius 1 is 1.29 bits per heavy atom. The van der Waals surface area contributed by atoms with Crippen LogP contribution in [0.15, 0.2) is 18.2 Å². The Bertz CT molecular complexity index is 358. The standard InChI is InChI=1S/C14H22ClNO/c1-14(2,3)8-9-16-10-11-12(15)6-5-7-13(11)17-4/h5-7,16H,8-10H2,1-4H3. The predicted molar refractivity (Wildman–Crippen MR) is 73.8 cm³/mol. The van der Waals surface area contributed by atoms with Crippen LogP contribution in [0.5, 0.6) is 5.75 Å². The molecular weight excluding hydrogens is 234 g/mol. The summed E-state index contributed by atoms with van der Waals surface area (Å²) < 4.78 is 5.30. The van der Waals surface area contributed by atoms with Gasteiger partial charge in [-0.25, -0.2) is 0 Å². The molecule has 0 saturated carbocycles. The monoisotopic (exact) mass is 255 g/mol. The van der Waals surface area contributed by atoms with Crippen LogP contribution in [0, 0.1) is 5.41 Å². The zero-order valence-electron chi connectivity index (χ0n) is 11.1. The normalized spacial score (nSPS) is 11.6. The second-order valence-electron chi connectivity index (χ2n) is 5.41. The zero-order chi connectivity index (χ0) is 12.9. The van der Waals surface area contributed by atoms with Gasteiger partial charge in [0.05, 0.1) is 7.11 Å². The van der Waals surface area contributed by atoms with Crippen LogP contribution >= 0.6 is 11.6 Å². The Balaban J connectivity index is 2.52. The Labute approximate surface area is 109 Å². The fourth-order valence-corrected chi connectivity index (χ4v) is 1.81. The predicted octanol–water partition coefficient (Wildman–Crippen LogP) is 3.87. The maximum absolute atomic E-state index is 6.16. The van der Waals surface area contributed by atoms with Gasteiger partial charge in [0.25, 0.3) is 0 Å². The lowest BCUT2D eigenvalue weighted by molar-refractivity contribution is 0.364. The molecule has 96 valence electrons. The molecule has 0 fully saturated rings. The third-order valence-electron chi connectivity index (χ3n) is 2.65. The van der Waals surface area contributed by atoms with E-state index in [4.69, 9.17) is 16.3 Å². The van der Waals surface area contributed by atoms with E-state index in [2.05, 4.69) is 26.1 Å². The van der Waals surface area contributed by atoms with Gasteiger partial charge in [-0.15, -0.1) is 0 Å². The van der Waals surface area contributed by atoms with Crippen LogP contribution in [0.25, 0.3) is 0 Å². The molecule has 0 heterocycles. The Morgan fingerprint density at radius 2 is 2.00 bits per heavy atom. The average molecular weight is 256 g/mol. The highest BCUT2D eigenvalue weighted by Crippen LogP contribution is 2.26. The molecule has 0 spiro atoms. The first-order valence-corrected chi connectivity index (χ1v) is 6.34. The Hall–Kier alpha value is -0.730. The molecule has 1 aromatic rings. The van der Waals surface area contributed by atoms with Crippen LogP contribution in [-0.2, 0) is 6.54 Å². The molecule has 0 aromatic heterocycles. The second kappa shape index (κ2) is 6.27. The van der Waals surface area contributed by atoms with Gasteiger partial charge in [0.1, 0.15) is 5.75 Å². The molecule has 0 bridgehead atoms. The third kappa shape index (κ3) is 4.97. The number of nitrogens with one attached hydrogen (secondary N) is 1. The molecule has 0 radical (unpaired) electrons. The molecule has 0 atom stereocenters. The summed E-state index contributed by atoms with van der Waals surface area (Å²) in [5.74, 6) is 0.848. The lowest BCUT2D eigenvalue weighted by Crippen LogP contribution is -2.20. The van der Waals surface area contributed by atoms with Gasteiger partial charge in [-0.1, -0.05) is 38.4 Å². The number of rotatable bonds is 5. The number of hydrogen-bond acceptors (Lipinski definition) is 2. The molecule has 17 heavy (non-hydrogen) atoms. The fourth-order valence-electron chi connectivity index (χ4n) is 1.58. The summed E-state index contributed by atoms with van der Waals surface area (Å²) in [5.41, 5.74) is 1.39. The fraction of sp³-hybridized carbons (Fsp3) is 0.571. The molecular formula is C14H22ClNO. The van der Waals surface area contributed by atoms with E-state index in [1.807, 2.05) is 18.2 Å². The molecule has 0 aliphatic rings. The summed E-state index contributed by atoms with van der Waals surface area (Å²) in [6.07, 6.45) is 1.14. The van der Waals surface area contributed by atoms with Gasteiger partial charge in [0.15, 0.2) is 0 Å². The van der Waals surface area contributed by atoms with Crippen LogP contribution < -0.4 is 10.1 Å². The van der Waals surface area contributed by atoms with Crippen LogP contribution in [-0.4, -0.2) is 13.7 Å². The Morgan fingerprint density at radius 3 is 2.59 bits per heavy atom. The molecule has 2 nitrogen and oxygen atoms in total. The minimum atomic E-state index is 0.359. The van der Waals surface area contributed by atoms with Crippen LogP contribution in [0.4, 0.5) is 0 Å². The first-order chi connectivity index (χ1) is 7.94. The maximum atomic E-state index is 6.16. The molecule has 0 unspecified atom stereocenters. The van der Waals surface area contributed by atoms with Crippen molar-refractivity contribution in [2.75, 3.05) is 13.7 Å². The van der Waals surface area contributed by atoms with E-state index in [1.54, 1.807) is 7.11 Å². The number of ether oxygens (including phenoxy) is 1. The molecule has 3 heteroatoms. The first-order valence-electron chi connectivity index (χ1n) is 5.96. The summed E-state index contributed by atoms with van der Waals surface area (Å²) in [4.78, 5) is 0. The SMILES string of the molecule is COc1cccc(Cl)c1CNCCC(C)(C)C. The first kappa shape index (κ1) is 14.3. The lowest BCUT2D eigenvalue weighted by Gasteiger charge is -2.18. The summed E-state index contributed by atoms with van der Waals surface area (Å²) in [7, 11) is 1.67. The van der Waals surface area contributed by atoms with Gasteiger partial charge in [-0.05, 0) is 30.5 Å². The van der Waals surface area contributed by atoms with E-state index in [9.17, 15) is 0 Å². The highest BCUT2D eigenvalue weighted by Gasteiger charge is 2.10. The summed E-state index contributed by atoms with van der Waals surface area (Å²) in [5, 5.41) is 4.17. The third-order valence-corrected chi connectivity index (χ3v) is 3.00. The minimum absolute atomic E-state index is 0.359. The van der Waals surface area contributed by atoms with Crippen molar-refractivity contribution in [2.24, 2.45) is 5.41 Å². The summed E-state index contributed by atoms with van der Waals surface area (Å²) in [6, 6.07) is 5.73. The number of hydrogen-bond donors (Lipinski definition) is 1. The highest BCUT2D eigenvalue weighted by atomic mass is 35.5. The van der Waals surface area contributed by atoms with E-state index < -0.39 is 0 Å². The van der Waals surface area contributed by atoms with Gasteiger partial charge in [0, 0.05) is 17.1 Å².